The highest BCUT2D eigenvalue weighted by Crippen LogP contribution is 2.22. The molecule has 0 atom stereocenters. The Bertz CT molecular complexity index is 293. The van der Waals surface area contributed by atoms with Gasteiger partial charge in [-0.2, -0.15) is 0 Å². The molecule has 0 spiro atoms. The minimum atomic E-state index is 0.817. The zero-order valence-corrected chi connectivity index (χ0v) is 10.4. The molecule has 1 nitrogen and oxygen atoms in total. The molecule has 82 valence electrons. The third kappa shape index (κ3) is 3.71. The molecule has 1 heterocycles. The lowest BCUT2D eigenvalue weighted by molar-refractivity contribution is 0.266. The fourth-order valence-corrected chi connectivity index (χ4v) is 2.83. The second-order valence-electron chi connectivity index (χ2n) is 3.91. The quantitative estimate of drug-likeness (QED) is 0.739. The van der Waals surface area contributed by atoms with E-state index in [2.05, 4.69) is 17.0 Å². The first kappa shape index (κ1) is 11.3. The van der Waals surface area contributed by atoms with Crippen molar-refractivity contribution in [3.05, 3.63) is 29.3 Å². The fourth-order valence-electron chi connectivity index (χ4n) is 1.79. The maximum Gasteiger partial charge on any atom is 0.0491 e. The maximum absolute atomic E-state index is 5.84. The molecule has 2 rings (SSSR count). The van der Waals surface area contributed by atoms with Crippen molar-refractivity contribution < 1.29 is 0 Å². The second kappa shape index (κ2) is 5.78. The van der Waals surface area contributed by atoms with Gasteiger partial charge in [0.15, 0.2) is 0 Å². The molecular formula is C12H16ClNS. The number of halogens is 1. The second-order valence-corrected chi connectivity index (χ2v) is 5.36. The van der Waals surface area contributed by atoms with Crippen molar-refractivity contribution in [1.82, 2.24) is 4.90 Å². The molecule has 1 aliphatic rings. The van der Waals surface area contributed by atoms with Gasteiger partial charge in [-0.05, 0) is 50.2 Å². The van der Waals surface area contributed by atoms with Gasteiger partial charge in [0.2, 0.25) is 0 Å². The van der Waals surface area contributed by atoms with Crippen molar-refractivity contribution in [1.29, 1.82) is 0 Å². The van der Waals surface area contributed by atoms with Crippen molar-refractivity contribution in [2.24, 2.45) is 0 Å². The van der Waals surface area contributed by atoms with Crippen molar-refractivity contribution in [3.63, 3.8) is 0 Å². The summed E-state index contributed by atoms with van der Waals surface area (Å²) in [6, 6.07) is 8.11. The third-order valence-electron chi connectivity index (χ3n) is 2.68. The Morgan fingerprint density at radius 3 is 2.40 bits per heavy atom. The standard InChI is InChI=1S/C12H16ClNS/c13-11-4-6-12(7-5-11)15-10-14-8-2-1-3-9-14/h4-7H,1-3,8-10H2. The third-order valence-corrected chi connectivity index (χ3v) is 4.03. The van der Waals surface area contributed by atoms with Crippen LogP contribution in [-0.4, -0.2) is 23.9 Å². The lowest BCUT2D eigenvalue weighted by atomic mass is 10.1. The molecule has 0 saturated carbocycles. The molecule has 1 aromatic carbocycles. The van der Waals surface area contributed by atoms with Gasteiger partial charge in [-0.1, -0.05) is 18.0 Å². The zero-order valence-electron chi connectivity index (χ0n) is 8.79. The van der Waals surface area contributed by atoms with Gasteiger partial charge in [0.1, 0.15) is 0 Å². The average Bonchev–Trinajstić information content (AvgIpc) is 2.30. The van der Waals surface area contributed by atoms with E-state index >= 15 is 0 Å². The van der Waals surface area contributed by atoms with E-state index in [1.54, 1.807) is 0 Å². The first-order valence-electron chi connectivity index (χ1n) is 5.45. The highest BCUT2D eigenvalue weighted by Gasteiger charge is 2.09. The summed E-state index contributed by atoms with van der Waals surface area (Å²) in [5, 5.41) is 0.817. The summed E-state index contributed by atoms with van der Waals surface area (Å²) in [4.78, 5) is 3.84. The predicted octanol–water partition coefficient (Wildman–Crippen LogP) is 3.88. The van der Waals surface area contributed by atoms with Gasteiger partial charge in [0, 0.05) is 15.8 Å². The largest absolute Gasteiger partial charge is 0.294 e. The van der Waals surface area contributed by atoms with Crippen LogP contribution >= 0.6 is 23.4 Å². The highest BCUT2D eigenvalue weighted by atomic mass is 35.5. The fraction of sp³-hybridized carbons (Fsp3) is 0.500. The van der Waals surface area contributed by atoms with Crippen LogP contribution in [0.3, 0.4) is 0 Å². The average molecular weight is 242 g/mol. The SMILES string of the molecule is Clc1ccc(SCN2CCCCC2)cc1. The van der Waals surface area contributed by atoms with E-state index in [4.69, 9.17) is 11.6 Å². The van der Waals surface area contributed by atoms with Crippen LogP contribution in [0.2, 0.25) is 5.02 Å². The van der Waals surface area contributed by atoms with Gasteiger partial charge < -0.3 is 0 Å². The van der Waals surface area contributed by atoms with E-state index < -0.39 is 0 Å². The van der Waals surface area contributed by atoms with Gasteiger partial charge >= 0.3 is 0 Å². The first-order chi connectivity index (χ1) is 7.34. The van der Waals surface area contributed by atoms with Crippen molar-refractivity contribution in [2.75, 3.05) is 19.0 Å². The molecule has 0 amide bonds. The van der Waals surface area contributed by atoms with E-state index in [9.17, 15) is 0 Å². The van der Waals surface area contributed by atoms with Crippen LogP contribution in [0.1, 0.15) is 19.3 Å². The van der Waals surface area contributed by atoms with Crippen molar-refractivity contribution in [2.45, 2.75) is 24.2 Å². The lowest BCUT2D eigenvalue weighted by Crippen LogP contribution is -2.29. The molecule has 3 heteroatoms. The van der Waals surface area contributed by atoms with E-state index in [0.717, 1.165) is 10.9 Å². The number of thioether (sulfide) groups is 1. The summed E-state index contributed by atoms with van der Waals surface area (Å²) in [7, 11) is 0. The Morgan fingerprint density at radius 2 is 1.73 bits per heavy atom. The molecule has 0 unspecified atom stereocenters. The summed E-state index contributed by atoms with van der Waals surface area (Å²) < 4.78 is 0. The first-order valence-corrected chi connectivity index (χ1v) is 6.82. The number of rotatable bonds is 3. The molecule has 0 bridgehead atoms. The van der Waals surface area contributed by atoms with Crippen molar-refractivity contribution >= 4 is 23.4 Å². The monoisotopic (exact) mass is 241 g/mol. The molecule has 0 radical (unpaired) electrons. The molecule has 1 saturated heterocycles. The molecule has 0 aromatic heterocycles. The van der Waals surface area contributed by atoms with Crippen molar-refractivity contribution in [3.8, 4) is 0 Å². The topological polar surface area (TPSA) is 3.24 Å². The summed E-state index contributed by atoms with van der Waals surface area (Å²) in [5.74, 6) is 1.11. The molecule has 0 N–H and O–H groups in total. The highest BCUT2D eigenvalue weighted by molar-refractivity contribution is 7.99. The van der Waals surface area contributed by atoms with Gasteiger partial charge in [-0.15, -0.1) is 11.8 Å². The smallest absolute Gasteiger partial charge is 0.0491 e. The number of hydrogen-bond donors (Lipinski definition) is 0. The van der Waals surface area contributed by atoms with E-state index in [0.29, 0.717) is 0 Å². The number of benzene rings is 1. The summed E-state index contributed by atoms with van der Waals surface area (Å²) in [6.45, 7) is 2.53. The molecule has 15 heavy (non-hydrogen) atoms. The molecule has 0 aliphatic carbocycles. The summed E-state index contributed by atoms with van der Waals surface area (Å²) >= 11 is 7.74. The van der Waals surface area contributed by atoms with E-state index in [-0.39, 0.29) is 0 Å². The van der Waals surface area contributed by atoms with Crippen LogP contribution in [0, 0.1) is 0 Å². The zero-order chi connectivity index (χ0) is 10.5. The Hall–Kier alpha value is -0.180. The Balaban J connectivity index is 1.79. The molecular weight excluding hydrogens is 226 g/mol. The molecule has 1 fully saturated rings. The Morgan fingerprint density at radius 1 is 1.07 bits per heavy atom. The lowest BCUT2D eigenvalue weighted by Gasteiger charge is -2.25. The van der Waals surface area contributed by atoms with Crippen LogP contribution in [0.15, 0.2) is 29.2 Å². The van der Waals surface area contributed by atoms with Gasteiger partial charge in [0.25, 0.3) is 0 Å². The number of nitrogens with zero attached hydrogens (tertiary/aromatic N) is 1. The van der Waals surface area contributed by atoms with Crippen LogP contribution in [0.5, 0.6) is 0 Å². The summed E-state index contributed by atoms with van der Waals surface area (Å²) in [5.41, 5.74) is 0. The number of hydrogen-bond acceptors (Lipinski definition) is 2. The normalized spacial score (nSPS) is 17.9. The van der Waals surface area contributed by atoms with E-state index in [1.807, 2.05) is 23.9 Å². The molecule has 1 aromatic rings. The minimum Gasteiger partial charge on any atom is -0.294 e. The summed E-state index contributed by atoms with van der Waals surface area (Å²) in [6.07, 6.45) is 4.13. The number of likely N-dealkylation sites (tertiary alicyclic amines) is 1. The minimum absolute atomic E-state index is 0.817. The molecule has 1 aliphatic heterocycles. The van der Waals surface area contributed by atoms with Crippen LogP contribution in [0.25, 0.3) is 0 Å². The predicted molar refractivity (Wildman–Crippen MR) is 67.6 cm³/mol. The van der Waals surface area contributed by atoms with Crippen LogP contribution in [-0.2, 0) is 0 Å². The van der Waals surface area contributed by atoms with Gasteiger partial charge in [-0.25, -0.2) is 0 Å². The van der Waals surface area contributed by atoms with E-state index in [1.165, 1.54) is 37.2 Å². The maximum atomic E-state index is 5.84. The Labute approximate surface area is 101 Å². The Kier molecular flexibility index (Phi) is 4.36. The number of piperidine rings is 1. The van der Waals surface area contributed by atoms with Crippen LogP contribution < -0.4 is 0 Å². The van der Waals surface area contributed by atoms with Gasteiger partial charge in [-0.3, -0.25) is 4.90 Å². The van der Waals surface area contributed by atoms with Crippen LogP contribution in [0.4, 0.5) is 0 Å². The van der Waals surface area contributed by atoms with Gasteiger partial charge in [0.05, 0.1) is 0 Å².